The Balaban J connectivity index is 1.53. The zero-order valence-electron chi connectivity index (χ0n) is 12.2. The van der Waals surface area contributed by atoms with E-state index in [-0.39, 0.29) is 18.0 Å². The molecule has 112 valence electrons. The first-order valence-corrected chi connectivity index (χ1v) is 7.71. The zero-order chi connectivity index (χ0) is 15.3. The van der Waals surface area contributed by atoms with E-state index in [2.05, 4.69) is 11.1 Å². The molecule has 1 saturated heterocycles. The number of likely N-dealkylation sites (tertiary alicyclic amines) is 1. The predicted molar refractivity (Wildman–Crippen MR) is 82.7 cm³/mol. The third-order valence-electron chi connectivity index (χ3n) is 4.94. The summed E-state index contributed by atoms with van der Waals surface area (Å²) in [5.41, 5.74) is 8.27. The van der Waals surface area contributed by atoms with Crippen molar-refractivity contribution in [2.45, 2.75) is 37.4 Å². The van der Waals surface area contributed by atoms with E-state index < -0.39 is 6.04 Å². The summed E-state index contributed by atoms with van der Waals surface area (Å²) < 4.78 is 0. The summed E-state index contributed by atoms with van der Waals surface area (Å²) in [6.45, 7) is 0. The average molecular weight is 294 g/mol. The number of nitrogens with one attached hydrogen (secondary N) is 1. The first-order chi connectivity index (χ1) is 10.7. The molecule has 0 bridgehead atoms. The normalized spacial score (nSPS) is 27.5. The molecule has 2 heterocycles. The molecule has 1 aliphatic carbocycles. The highest BCUT2D eigenvalue weighted by Gasteiger charge is 2.54. The van der Waals surface area contributed by atoms with Crippen LogP contribution in [0.3, 0.4) is 0 Å². The smallest absolute Gasteiger partial charge is 0.241 e. The van der Waals surface area contributed by atoms with Crippen LogP contribution in [-0.2, 0) is 11.2 Å². The monoisotopic (exact) mass is 294 g/mol. The molecule has 0 radical (unpaired) electrons. The number of carbonyl (C=O) groups is 1. The Hall–Kier alpha value is -2.32. The maximum atomic E-state index is 12.7. The molecule has 0 unspecified atom stereocenters. The number of nitrogens with two attached hydrogens (primary N) is 1. The summed E-state index contributed by atoms with van der Waals surface area (Å²) in [4.78, 5) is 17.6. The van der Waals surface area contributed by atoms with Crippen molar-refractivity contribution in [3.63, 3.8) is 0 Å². The van der Waals surface area contributed by atoms with Gasteiger partial charge in [0.15, 0.2) is 0 Å². The molecule has 2 fully saturated rings. The van der Waals surface area contributed by atoms with Gasteiger partial charge in [-0.3, -0.25) is 4.79 Å². The van der Waals surface area contributed by atoms with E-state index >= 15 is 0 Å². The SMILES string of the molecule is N#C[C@@H]1C[C@@H]2C[C@@H]2N1C(=O)[C@@H](N)Cc1c[nH]c2ccccc12. The Morgan fingerprint density at radius 2 is 2.27 bits per heavy atom. The lowest BCUT2D eigenvalue weighted by Gasteiger charge is -2.25. The summed E-state index contributed by atoms with van der Waals surface area (Å²) in [6, 6.07) is 9.62. The maximum Gasteiger partial charge on any atom is 0.241 e. The molecule has 5 heteroatoms. The van der Waals surface area contributed by atoms with Gasteiger partial charge in [-0.25, -0.2) is 0 Å². The number of aromatic amines is 1. The molecule has 4 atom stereocenters. The largest absolute Gasteiger partial charge is 0.361 e. The minimum Gasteiger partial charge on any atom is -0.361 e. The Bertz CT molecular complexity index is 774. The Morgan fingerprint density at radius 3 is 3.09 bits per heavy atom. The number of H-pyrrole nitrogens is 1. The number of rotatable bonds is 3. The molecule has 1 saturated carbocycles. The van der Waals surface area contributed by atoms with Crippen LogP contribution in [0.5, 0.6) is 0 Å². The van der Waals surface area contributed by atoms with E-state index in [9.17, 15) is 10.1 Å². The van der Waals surface area contributed by atoms with Crippen molar-refractivity contribution in [2.24, 2.45) is 11.7 Å². The standard InChI is InChI=1S/C17H18N4O/c18-8-12-5-10-7-16(10)21(12)17(22)14(19)6-11-9-20-15-4-2-1-3-13(11)15/h1-4,9-10,12,14,16,20H,5-7,19H2/t10-,12+,14+,16+/m1/s1. The molecule has 3 N–H and O–H groups in total. The summed E-state index contributed by atoms with van der Waals surface area (Å²) in [5, 5.41) is 10.3. The van der Waals surface area contributed by atoms with Gasteiger partial charge in [-0.2, -0.15) is 5.26 Å². The van der Waals surface area contributed by atoms with Crippen LogP contribution in [0.1, 0.15) is 18.4 Å². The van der Waals surface area contributed by atoms with Crippen molar-refractivity contribution >= 4 is 16.8 Å². The second kappa shape index (κ2) is 4.85. The molecular weight excluding hydrogens is 276 g/mol. The van der Waals surface area contributed by atoms with Crippen LogP contribution in [0.25, 0.3) is 10.9 Å². The van der Waals surface area contributed by atoms with E-state index in [1.165, 1.54) is 0 Å². The minimum atomic E-state index is -0.589. The average Bonchev–Trinajstić information content (AvgIpc) is 3.03. The third-order valence-corrected chi connectivity index (χ3v) is 4.94. The number of amides is 1. The van der Waals surface area contributed by atoms with Gasteiger partial charge in [0, 0.05) is 23.1 Å². The van der Waals surface area contributed by atoms with Crippen LogP contribution in [0.2, 0.25) is 0 Å². The fourth-order valence-electron chi connectivity index (χ4n) is 3.71. The fraction of sp³-hybridized carbons (Fsp3) is 0.412. The number of carbonyl (C=O) groups excluding carboxylic acids is 1. The number of hydrogen-bond donors (Lipinski definition) is 2. The number of benzene rings is 1. The molecule has 2 aliphatic rings. The van der Waals surface area contributed by atoms with Crippen molar-refractivity contribution in [1.29, 1.82) is 5.26 Å². The number of para-hydroxylation sites is 1. The maximum absolute atomic E-state index is 12.7. The molecule has 1 aromatic heterocycles. The molecule has 0 spiro atoms. The second-order valence-electron chi connectivity index (χ2n) is 6.36. The van der Waals surface area contributed by atoms with Crippen LogP contribution < -0.4 is 5.73 Å². The fourth-order valence-corrected chi connectivity index (χ4v) is 3.71. The van der Waals surface area contributed by atoms with Crippen molar-refractivity contribution in [2.75, 3.05) is 0 Å². The van der Waals surface area contributed by atoms with Crippen LogP contribution in [0.4, 0.5) is 0 Å². The first-order valence-electron chi connectivity index (χ1n) is 7.71. The van der Waals surface area contributed by atoms with Crippen molar-refractivity contribution in [3.05, 3.63) is 36.0 Å². The summed E-state index contributed by atoms with van der Waals surface area (Å²) in [7, 11) is 0. The van der Waals surface area contributed by atoms with E-state index in [1.807, 2.05) is 30.5 Å². The van der Waals surface area contributed by atoms with Crippen LogP contribution in [-0.4, -0.2) is 33.9 Å². The Labute approximate surface area is 128 Å². The van der Waals surface area contributed by atoms with Gasteiger partial charge in [0.1, 0.15) is 6.04 Å². The molecule has 1 amide bonds. The van der Waals surface area contributed by atoms with Crippen molar-refractivity contribution in [3.8, 4) is 6.07 Å². The van der Waals surface area contributed by atoms with Gasteiger partial charge in [-0.1, -0.05) is 18.2 Å². The number of piperidine rings is 1. The van der Waals surface area contributed by atoms with Gasteiger partial charge in [-0.15, -0.1) is 0 Å². The predicted octanol–water partition coefficient (Wildman–Crippen LogP) is 1.55. The van der Waals surface area contributed by atoms with Gasteiger partial charge >= 0.3 is 0 Å². The highest BCUT2D eigenvalue weighted by Crippen LogP contribution is 2.47. The molecule has 2 aromatic rings. The minimum absolute atomic E-state index is 0.0816. The number of aromatic nitrogens is 1. The molecule has 4 rings (SSSR count). The van der Waals surface area contributed by atoms with Gasteiger partial charge in [0.2, 0.25) is 5.91 Å². The molecular formula is C17H18N4O. The molecule has 22 heavy (non-hydrogen) atoms. The lowest BCUT2D eigenvalue weighted by atomic mass is 10.0. The van der Waals surface area contributed by atoms with Gasteiger partial charge in [0.05, 0.1) is 12.1 Å². The second-order valence-corrected chi connectivity index (χ2v) is 6.36. The first kappa shape index (κ1) is 13.4. The quantitative estimate of drug-likeness (QED) is 0.900. The van der Waals surface area contributed by atoms with E-state index in [0.717, 1.165) is 29.3 Å². The topological polar surface area (TPSA) is 85.9 Å². The summed E-state index contributed by atoms with van der Waals surface area (Å²) >= 11 is 0. The number of nitrogens with zero attached hydrogens (tertiary/aromatic N) is 2. The van der Waals surface area contributed by atoms with Crippen LogP contribution in [0.15, 0.2) is 30.5 Å². The van der Waals surface area contributed by atoms with E-state index in [4.69, 9.17) is 5.73 Å². The third kappa shape index (κ3) is 1.99. The number of fused-ring (bicyclic) bond motifs is 2. The summed E-state index contributed by atoms with van der Waals surface area (Å²) in [5.74, 6) is 0.440. The van der Waals surface area contributed by atoms with Crippen molar-refractivity contribution < 1.29 is 4.79 Å². The van der Waals surface area contributed by atoms with Gasteiger partial charge in [0.25, 0.3) is 0 Å². The number of hydrogen-bond acceptors (Lipinski definition) is 3. The van der Waals surface area contributed by atoms with E-state index in [0.29, 0.717) is 12.3 Å². The Morgan fingerprint density at radius 1 is 1.45 bits per heavy atom. The van der Waals surface area contributed by atoms with Crippen LogP contribution >= 0.6 is 0 Å². The lowest BCUT2D eigenvalue weighted by molar-refractivity contribution is -0.133. The highest BCUT2D eigenvalue weighted by atomic mass is 16.2. The summed E-state index contributed by atoms with van der Waals surface area (Å²) in [6.07, 6.45) is 4.26. The lowest BCUT2D eigenvalue weighted by Crippen LogP contribution is -2.48. The molecule has 5 nitrogen and oxygen atoms in total. The van der Waals surface area contributed by atoms with Crippen molar-refractivity contribution in [1.82, 2.24) is 9.88 Å². The molecule has 1 aliphatic heterocycles. The van der Waals surface area contributed by atoms with E-state index in [1.54, 1.807) is 4.90 Å². The highest BCUT2D eigenvalue weighted by molar-refractivity contribution is 5.87. The number of nitriles is 1. The molecule has 1 aromatic carbocycles. The van der Waals surface area contributed by atoms with Crippen LogP contribution in [0, 0.1) is 17.2 Å². The van der Waals surface area contributed by atoms with Gasteiger partial charge < -0.3 is 15.6 Å². The Kier molecular flexibility index (Phi) is 2.95. The zero-order valence-corrected chi connectivity index (χ0v) is 12.2. The van der Waals surface area contributed by atoms with Gasteiger partial charge in [-0.05, 0) is 36.8 Å².